The summed E-state index contributed by atoms with van der Waals surface area (Å²) in [6.45, 7) is 29.9. The van der Waals surface area contributed by atoms with Crippen LogP contribution in [0.5, 0.6) is 11.5 Å². The number of phosphoric acid groups is 1. The molecule has 0 fully saturated rings. The standard InChI is InChI=1S/C31H49O4P/c1-20-16-22(28(3,4)5)18-24(30(9,10)11)26(20)34-36(32,33-15)35-27-21(2)17-23(29(6,7)8)19-25(27)31(12,13)14/h16-19H,1-15H3. The molecule has 0 radical (unpaired) electrons. The zero-order valence-electron chi connectivity index (χ0n) is 25.4. The maximum atomic E-state index is 14.1. The Hall–Kier alpha value is -1.77. The van der Waals surface area contributed by atoms with Crippen molar-refractivity contribution in [3.8, 4) is 11.5 Å². The van der Waals surface area contributed by atoms with E-state index in [9.17, 15) is 4.57 Å². The molecule has 0 aliphatic rings. The fourth-order valence-electron chi connectivity index (χ4n) is 4.09. The summed E-state index contributed by atoms with van der Waals surface area (Å²) in [7, 11) is -2.62. The van der Waals surface area contributed by atoms with Crippen molar-refractivity contribution in [2.75, 3.05) is 7.11 Å². The van der Waals surface area contributed by atoms with Crippen molar-refractivity contribution in [2.45, 2.75) is 119 Å². The van der Waals surface area contributed by atoms with Crippen LogP contribution >= 0.6 is 7.82 Å². The summed E-state index contributed by atoms with van der Waals surface area (Å²) in [4.78, 5) is 0. The first-order valence-electron chi connectivity index (χ1n) is 12.9. The number of phosphoric ester groups is 1. The van der Waals surface area contributed by atoms with Gasteiger partial charge in [0, 0.05) is 18.2 Å². The van der Waals surface area contributed by atoms with Gasteiger partial charge in [0.25, 0.3) is 0 Å². The lowest BCUT2D eigenvalue weighted by Crippen LogP contribution is -2.20. The average molecular weight is 517 g/mol. The lowest BCUT2D eigenvalue weighted by molar-refractivity contribution is 0.245. The number of aryl methyl sites for hydroxylation is 2. The molecule has 0 heterocycles. The van der Waals surface area contributed by atoms with Crippen molar-refractivity contribution in [1.82, 2.24) is 0 Å². The van der Waals surface area contributed by atoms with E-state index >= 15 is 0 Å². The van der Waals surface area contributed by atoms with E-state index in [1.54, 1.807) is 0 Å². The van der Waals surface area contributed by atoms with E-state index in [4.69, 9.17) is 13.6 Å². The van der Waals surface area contributed by atoms with Crippen LogP contribution in [-0.4, -0.2) is 7.11 Å². The van der Waals surface area contributed by atoms with Crippen molar-refractivity contribution in [1.29, 1.82) is 0 Å². The first kappa shape index (κ1) is 30.5. The molecule has 0 saturated heterocycles. The molecular weight excluding hydrogens is 467 g/mol. The van der Waals surface area contributed by atoms with E-state index < -0.39 is 7.82 Å². The topological polar surface area (TPSA) is 44.8 Å². The molecule has 2 aromatic carbocycles. The lowest BCUT2D eigenvalue weighted by Gasteiger charge is -2.31. The molecule has 0 N–H and O–H groups in total. The molecule has 36 heavy (non-hydrogen) atoms. The second kappa shape index (κ2) is 9.84. The Morgan fingerprint density at radius 1 is 0.556 bits per heavy atom. The lowest BCUT2D eigenvalue weighted by atomic mass is 9.79. The highest BCUT2D eigenvalue weighted by Crippen LogP contribution is 2.54. The van der Waals surface area contributed by atoms with Crippen LogP contribution in [0.3, 0.4) is 0 Å². The van der Waals surface area contributed by atoms with Crippen LogP contribution < -0.4 is 9.05 Å². The van der Waals surface area contributed by atoms with E-state index in [0.717, 1.165) is 22.3 Å². The van der Waals surface area contributed by atoms with Crippen LogP contribution in [0.2, 0.25) is 0 Å². The number of rotatable bonds is 5. The van der Waals surface area contributed by atoms with Crippen LogP contribution in [0.4, 0.5) is 0 Å². The molecule has 0 aliphatic carbocycles. The molecule has 2 aromatic rings. The van der Waals surface area contributed by atoms with Gasteiger partial charge in [-0.2, -0.15) is 0 Å². The summed E-state index contributed by atoms with van der Waals surface area (Å²) in [5.41, 5.74) is 5.64. The molecule has 0 saturated carbocycles. The Morgan fingerprint density at radius 3 is 1.08 bits per heavy atom. The summed E-state index contributed by atoms with van der Waals surface area (Å²) in [5.74, 6) is 1.11. The predicted octanol–water partition coefficient (Wildman–Crippen LogP) is 9.71. The monoisotopic (exact) mass is 516 g/mol. The van der Waals surface area contributed by atoms with Gasteiger partial charge in [0.1, 0.15) is 11.5 Å². The van der Waals surface area contributed by atoms with Gasteiger partial charge >= 0.3 is 7.82 Å². The SMILES string of the molecule is COP(=O)(Oc1c(C)cc(C(C)(C)C)cc1C(C)(C)C)Oc1c(C)cc(C(C)(C)C)cc1C(C)(C)C. The number of benzene rings is 2. The molecule has 4 nitrogen and oxygen atoms in total. The van der Waals surface area contributed by atoms with Gasteiger partial charge in [0.15, 0.2) is 0 Å². The highest BCUT2D eigenvalue weighted by Gasteiger charge is 2.36. The largest absolute Gasteiger partial charge is 0.587 e. The second-order valence-electron chi connectivity index (χ2n) is 14.2. The summed E-state index contributed by atoms with van der Waals surface area (Å²) in [5, 5.41) is 0. The van der Waals surface area contributed by atoms with Gasteiger partial charge in [-0.3, -0.25) is 4.52 Å². The third kappa shape index (κ3) is 6.95. The number of hydrogen-bond donors (Lipinski definition) is 0. The first-order valence-corrected chi connectivity index (χ1v) is 14.3. The van der Waals surface area contributed by atoms with Crippen molar-refractivity contribution in [2.24, 2.45) is 0 Å². The minimum atomic E-state index is -4.00. The van der Waals surface area contributed by atoms with Gasteiger partial charge < -0.3 is 9.05 Å². The molecule has 0 bridgehead atoms. The minimum Gasteiger partial charge on any atom is -0.394 e. The Kier molecular flexibility index (Phi) is 8.32. The Morgan fingerprint density at radius 2 is 0.861 bits per heavy atom. The molecule has 2 rings (SSSR count). The molecule has 202 valence electrons. The van der Waals surface area contributed by atoms with Gasteiger partial charge in [-0.15, -0.1) is 0 Å². The first-order chi connectivity index (χ1) is 16.0. The van der Waals surface area contributed by atoms with Gasteiger partial charge in [-0.25, -0.2) is 4.57 Å². The average Bonchev–Trinajstić information content (AvgIpc) is 2.67. The van der Waals surface area contributed by atoms with Gasteiger partial charge in [0.05, 0.1) is 0 Å². The van der Waals surface area contributed by atoms with Gasteiger partial charge in [-0.05, 0) is 57.8 Å². The second-order valence-corrected chi connectivity index (χ2v) is 15.8. The van der Waals surface area contributed by atoms with Crippen LogP contribution in [0.1, 0.15) is 116 Å². The summed E-state index contributed by atoms with van der Waals surface area (Å²) < 4.78 is 32.1. The van der Waals surface area contributed by atoms with Crippen molar-refractivity contribution in [3.63, 3.8) is 0 Å². The molecular formula is C31H49O4P. The van der Waals surface area contributed by atoms with E-state index in [0.29, 0.717) is 11.5 Å². The van der Waals surface area contributed by atoms with Gasteiger partial charge in [-0.1, -0.05) is 107 Å². The third-order valence-electron chi connectivity index (χ3n) is 6.53. The Bertz CT molecular complexity index is 1060. The smallest absolute Gasteiger partial charge is 0.394 e. The van der Waals surface area contributed by atoms with E-state index in [1.807, 2.05) is 13.8 Å². The summed E-state index contributed by atoms with van der Waals surface area (Å²) in [6.07, 6.45) is 0. The van der Waals surface area contributed by atoms with Gasteiger partial charge in [0.2, 0.25) is 0 Å². The Balaban J connectivity index is 2.69. The van der Waals surface area contributed by atoms with E-state index in [1.165, 1.54) is 18.2 Å². The predicted molar refractivity (Wildman–Crippen MR) is 153 cm³/mol. The van der Waals surface area contributed by atoms with Crippen LogP contribution in [0.25, 0.3) is 0 Å². The third-order valence-corrected chi connectivity index (χ3v) is 7.79. The number of hydrogen-bond acceptors (Lipinski definition) is 4. The van der Waals surface area contributed by atoms with Crippen LogP contribution in [0.15, 0.2) is 24.3 Å². The summed E-state index contributed by atoms with van der Waals surface area (Å²) in [6, 6.07) is 8.53. The van der Waals surface area contributed by atoms with Crippen LogP contribution in [0, 0.1) is 13.8 Å². The van der Waals surface area contributed by atoms with Crippen molar-refractivity contribution >= 4 is 7.82 Å². The minimum absolute atomic E-state index is 0.0295. The molecule has 0 spiro atoms. The molecule has 5 heteroatoms. The summed E-state index contributed by atoms with van der Waals surface area (Å²) >= 11 is 0. The highest BCUT2D eigenvalue weighted by atomic mass is 31.2. The van der Waals surface area contributed by atoms with Crippen molar-refractivity contribution in [3.05, 3.63) is 57.6 Å². The highest BCUT2D eigenvalue weighted by molar-refractivity contribution is 7.49. The van der Waals surface area contributed by atoms with E-state index in [-0.39, 0.29) is 21.7 Å². The molecule has 0 aliphatic heterocycles. The fourth-order valence-corrected chi connectivity index (χ4v) is 5.21. The molecule has 0 amide bonds. The molecule has 0 unspecified atom stereocenters. The zero-order valence-corrected chi connectivity index (χ0v) is 26.3. The zero-order chi connectivity index (χ0) is 28.1. The molecule has 0 aromatic heterocycles. The van der Waals surface area contributed by atoms with Crippen molar-refractivity contribution < 1.29 is 18.1 Å². The Labute approximate surface area is 220 Å². The maximum absolute atomic E-state index is 14.1. The molecule has 0 atom stereocenters. The van der Waals surface area contributed by atoms with Crippen LogP contribution in [-0.2, 0) is 30.7 Å². The fraction of sp³-hybridized carbons (Fsp3) is 0.613. The quantitative estimate of drug-likeness (QED) is 0.371. The van der Waals surface area contributed by atoms with E-state index in [2.05, 4.69) is 107 Å². The maximum Gasteiger partial charge on any atom is 0.587 e. The normalized spacial score (nSPS) is 13.6.